The number of piperidine rings is 1. The van der Waals surface area contributed by atoms with E-state index in [2.05, 4.69) is 59.6 Å². The van der Waals surface area contributed by atoms with E-state index in [4.69, 9.17) is 4.74 Å². The van der Waals surface area contributed by atoms with Gasteiger partial charge in [0.2, 0.25) is 5.91 Å². The second kappa shape index (κ2) is 11.0. The first-order chi connectivity index (χ1) is 15.6. The summed E-state index contributed by atoms with van der Waals surface area (Å²) >= 11 is 0. The maximum Gasteiger partial charge on any atom is 0.226 e. The standard InChI is InChI=1S/C28H38N2O2/c1-23-22-32-26-15-6-5-13-25(26)14-7-8-16-28(27(31)29-23)17-20-30(21-18-28)19-9-12-24-10-3-2-4-11-24/h2-6,10-11,13,15,23H,7-9,12,14,16-22H2,1H3,(H,29,31)/t23-/m0/s1. The van der Waals surface area contributed by atoms with E-state index in [1.165, 1.54) is 17.5 Å². The second-order valence-electron chi connectivity index (χ2n) is 9.71. The van der Waals surface area contributed by atoms with E-state index in [0.29, 0.717) is 6.61 Å². The number of carbonyl (C=O) groups excluding carboxylic acids is 1. The van der Waals surface area contributed by atoms with Crippen molar-refractivity contribution in [2.45, 2.75) is 64.3 Å². The molecule has 2 aromatic carbocycles. The zero-order valence-electron chi connectivity index (χ0n) is 19.5. The number of aryl methyl sites for hydroxylation is 2. The van der Waals surface area contributed by atoms with Crippen LogP contribution >= 0.6 is 0 Å². The van der Waals surface area contributed by atoms with Crippen molar-refractivity contribution in [1.82, 2.24) is 10.2 Å². The fourth-order valence-electron chi connectivity index (χ4n) is 5.21. The van der Waals surface area contributed by atoms with E-state index in [0.717, 1.165) is 70.3 Å². The van der Waals surface area contributed by atoms with Crippen molar-refractivity contribution in [3.05, 3.63) is 65.7 Å². The van der Waals surface area contributed by atoms with Crippen molar-refractivity contribution in [1.29, 1.82) is 0 Å². The highest BCUT2D eigenvalue weighted by Gasteiger charge is 2.41. The highest BCUT2D eigenvalue weighted by molar-refractivity contribution is 5.83. The number of para-hydroxylation sites is 1. The van der Waals surface area contributed by atoms with Crippen LogP contribution in [0.2, 0.25) is 0 Å². The van der Waals surface area contributed by atoms with Crippen molar-refractivity contribution >= 4 is 5.91 Å². The average Bonchev–Trinajstić information content (AvgIpc) is 2.82. The average molecular weight is 435 g/mol. The molecule has 1 N–H and O–H groups in total. The molecule has 1 amide bonds. The molecule has 2 aromatic rings. The number of benzene rings is 2. The molecule has 1 atom stereocenters. The summed E-state index contributed by atoms with van der Waals surface area (Å²) in [4.78, 5) is 15.9. The number of nitrogens with one attached hydrogen (secondary N) is 1. The zero-order valence-corrected chi connectivity index (χ0v) is 19.5. The molecule has 2 aliphatic rings. The Balaban J connectivity index is 1.33. The van der Waals surface area contributed by atoms with Gasteiger partial charge in [-0.25, -0.2) is 0 Å². The van der Waals surface area contributed by atoms with Crippen molar-refractivity contribution in [3.8, 4) is 5.75 Å². The lowest BCUT2D eigenvalue weighted by atomic mass is 9.73. The molecule has 0 aromatic heterocycles. The fourth-order valence-corrected chi connectivity index (χ4v) is 5.21. The SMILES string of the molecule is C[C@H]1COc2ccccc2CCCCC2(CCN(CCCc3ccccc3)CC2)C(=O)N1. The first kappa shape index (κ1) is 22.8. The van der Waals surface area contributed by atoms with E-state index in [-0.39, 0.29) is 17.4 Å². The molecule has 1 spiro atoms. The summed E-state index contributed by atoms with van der Waals surface area (Å²) in [6, 6.07) is 19.1. The van der Waals surface area contributed by atoms with Crippen LogP contribution in [-0.4, -0.2) is 43.1 Å². The zero-order chi connectivity index (χ0) is 22.2. The second-order valence-corrected chi connectivity index (χ2v) is 9.71. The summed E-state index contributed by atoms with van der Waals surface area (Å²) < 4.78 is 6.07. The van der Waals surface area contributed by atoms with Gasteiger partial charge in [-0.2, -0.15) is 0 Å². The smallest absolute Gasteiger partial charge is 0.226 e. The Bertz CT molecular complexity index is 859. The number of rotatable bonds is 4. The maximum absolute atomic E-state index is 13.4. The number of carbonyl (C=O) groups is 1. The highest BCUT2D eigenvalue weighted by Crippen LogP contribution is 2.38. The van der Waals surface area contributed by atoms with Crippen molar-refractivity contribution in [3.63, 3.8) is 0 Å². The largest absolute Gasteiger partial charge is 0.491 e. The number of ether oxygens (including phenoxy) is 1. The number of fused-ring (bicyclic) bond motifs is 1. The molecule has 0 aliphatic carbocycles. The molecule has 0 unspecified atom stereocenters. The van der Waals surface area contributed by atoms with Gasteiger partial charge in [-0.1, -0.05) is 55.0 Å². The van der Waals surface area contributed by atoms with Crippen molar-refractivity contribution in [2.24, 2.45) is 5.41 Å². The molecule has 4 heteroatoms. The lowest BCUT2D eigenvalue weighted by molar-refractivity contribution is -0.135. The molecule has 4 rings (SSSR count). The Morgan fingerprint density at radius 3 is 2.56 bits per heavy atom. The maximum atomic E-state index is 13.4. The first-order valence-electron chi connectivity index (χ1n) is 12.4. The van der Waals surface area contributed by atoms with Gasteiger partial charge in [0.15, 0.2) is 0 Å². The first-order valence-corrected chi connectivity index (χ1v) is 12.4. The third kappa shape index (κ3) is 5.92. The summed E-state index contributed by atoms with van der Waals surface area (Å²) in [5.74, 6) is 1.21. The number of hydrogen-bond acceptors (Lipinski definition) is 3. The number of hydrogen-bond donors (Lipinski definition) is 1. The molecule has 1 saturated heterocycles. The van der Waals surface area contributed by atoms with Crippen LogP contribution in [0.25, 0.3) is 0 Å². The molecule has 32 heavy (non-hydrogen) atoms. The van der Waals surface area contributed by atoms with Crippen molar-refractivity contribution < 1.29 is 9.53 Å². The predicted octanol–water partition coefficient (Wildman–Crippen LogP) is 5.01. The van der Waals surface area contributed by atoms with E-state index < -0.39 is 0 Å². The number of nitrogens with zero attached hydrogens (tertiary/aromatic N) is 1. The van der Waals surface area contributed by atoms with Crippen LogP contribution in [0, 0.1) is 5.41 Å². The molecule has 0 bridgehead atoms. The number of likely N-dealkylation sites (tertiary alicyclic amines) is 1. The molecule has 4 nitrogen and oxygen atoms in total. The molecular weight excluding hydrogens is 396 g/mol. The Morgan fingerprint density at radius 2 is 1.75 bits per heavy atom. The molecule has 172 valence electrons. The van der Waals surface area contributed by atoms with Crippen LogP contribution < -0.4 is 10.1 Å². The summed E-state index contributed by atoms with van der Waals surface area (Å²) in [7, 11) is 0. The van der Waals surface area contributed by atoms with E-state index in [9.17, 15) is 4.79 Å². The van der Waals surface area contributed by atoms with Gasteiger partial charge in [-0.05, 0) is 88.7 Å². The monoisotopic (exact) mass is 434 g/mol. The summed E-state index contributed by atoms with van der Waals surface area (Å²) in [6.07, 6.45) is 8.44. The lowest BCUT2D eigenvalue weighted by Gasteiger charge is -2.41. The summed E-state index contributed by atoms with van der Waals surface area (Å²) in [6.45, 7) is 5.74. The topological polar surface area (TPSA) is 41.6 Å². The molecule has 1 fully saturated rings. The van der Waals surface area contributed by atoms with Gasteiger partial charge in [0.1, 0.15) is 12.4 Å². The minimum Gasteiger partial charge on any atom is -0.491 e. The van der Waals surface area contributed by atoms with Crippen LogP contribution in [-0.2, 0) is 17.6 Å². The van der Waals surface area contributed by atoms with Crippen LogP contribution in [0.5, 0.6) is 5.75 Å². The van der Waals surface area contributed by atoms with Gasteiger partial charge in [0.05, 0.1) is 11.5 Å². The molecule has 2 heterocycles. The molecule has 0 saturated carbocycles. The lowest BCUT2D eigenvalue weighted by Crippen LogP contribution is -2.51. The Hall–Kier alpha value is -2.33. The van der Waals surface area contributed by atoms with Crippen LogP contribution in [0.4, 0.5) is 0 Å². The van der Waals surface area contributed by atoms with Crippen LogP contribution in [0.15, 0.2) is 54.6 Å². The summed E-state index contributed by atoms with van der Waals surface area (Å²) in [5, 5.41) is 3.29. The Labute approximate surface area is 193 Å². The predicted molar refractivity (Wildman–Crippen MR) is 130 cm³/mol. The van der Waals surface area contributed by atoms with E-state index in [1.807, 2.05) is 12.1 Å². The quantitative estimate of drug-likeness (QED) is 0.735. The van der Waals surface area contributed by atoms with Crippen molar-refractivity contribution in [2.75, 3.05) is 26.2 Å². The van der Waals surface area contributed by atoms with Crippen LogP contribution in [0.3, 0.4) is 0 Å². The number of amides is 1. The third-order valence-corrected chi connectivity index (χ3v) is 7.27. The highest BCUT2D eigenvalue weighted by atomic mass is 16.5. The summed E-state index contributed by atoms with van der Waals surface area (Å²) in [5.41, 5.74) is 2.48. The molecule has 0 radical (unpaired) electrons. The fraction of sp³-hybridized carbons (Fsp3) is 0.536. The normalized spacial score (nSPS) is 22.2. The minimum atomic E-state index is -0.219. The van der Waals surface area contributed by atoms with Gasteiger partial charge in [-0.15, -0.1) is 0 Å². The Morgan fingerprint density at radius 1 is 1.00 bits per heavy atom. The van der Waals surface area contributed by atoms with Gasteiger partial charge in [0, 0.05) is 0 Å². The van der Waals surface area contributed by atoms with Gasteiger partial charge < -0.3 is 15.0 Å². The Kier molecular flexibility index (Phi) is 7.85. The van der Waals surface area contributed by atoms with Crippen LogP contribution in [0.1, 0.15) is 56.6 Å². The third-order valence-electron chi connectivity index (χ3n) is 7.27. The van der Waals surface area contributed by atoms with Gasteiger partial charge >= 0.3 is 0 Å². The molecular formula is C28H38N2O2. The molecule has 2 aliphatic heterocycles. The van der Waals surface area contributed by atoms with E-state index in [1.54, 1.807) is 0 Å². The van der Waals surface area contributed by atoms with Gasteiger partial charge in [0.25, 0.3) is 0 Å². The van der Waals surface area contributed by atoms with Gasteiger partial charge in [-0.3, -0.25) is 4.79 Å². The minimum absolute atomic E-state index is 0.00996. The van der Waals surface area contributed by atoms with E-state index >= 15 is 0 Å².